The zero-order valence-electron chi connectivity index (χ0n) is 13.8. The minimum Gasteiger partial charge on any atom is -0.268 e. The summed E-state index contributed by atoms with van der Waals surface area (Å²) in [5.74, 6) is -0.105. The molecule has 3 rings (SSSR count). The largest absolute Gasteiger partial charge is 0.268 e. The molecule has 3 aromatic rings. The van der Waals surface area contributed by atoms with Crippen molar-refractivity contribution in [1.29, 1.82) is 0 Å². The van der Waals surface area contributed by atoms with Gasteiger partial charge in [-0.25, -0.2) is 4.39 Å². The predicted octanol–water partition coefficient (Wildman–Crippen LogP) is 4.63. The molecule has 1 aromatic heterocycles. The van der Waals surface area contributed by atoms with Crippen molar-refractivity contribution >= 4 is 0 Å². The lowest BCUT2D eigenvalue weighted by Gasteiger charge is -2.06. The molecule has 2 nitrogen and oxygen atoms in total. The van der Waals surface area contributed by atoms with Gasteiger partial charge in [0.15, 0.2) is 0 Å². The zero-order valence-corrected chi connectivity index (χ0v) is 13.8. The fraction of sp³-hybridized carbons (Fsp3) is 0.250. The number of aryl methyl sites for hydroxylation is 5. The first kappa shape index (κ1) is 15.5. The smallest absolute Gasteiger partial charge is 0.126 e. The summed E-state index contributed by atoms with van der Waals surface area (Å²) in [6.07, 6.45) is 1.56. The maximum Gasteiger partial charge on any atom is 0.126 e. The summed E-state index contributed by atoms with van der Waals surface area (Å²) in [6.45, 7) is 3.90. The van der Waals surface area contributed by atoms with Crippen LogP contribution < -0.4 is 0 Å². The number of hydrogen-bond acceptors (Lipinski definition) is 1. The molecule has 0 amide bonds. The van der Waals surface area contributed by atoms with E-state index in [1.807, 2.05) is 37.7 Å². The van der Waals surface area contributed by atoms with Crippen LogP contribution in [-0.2, 0) is 19.9 Å². The number of rotatable bonds is 4. The van der Waals surface area contributed by atoms with E-state index in [0.29, 0.717) is 0 Å². The molecule has 1 heterocycles. The van der Waals surface area contributed by atoms with Gasteiger partial charge < -0.3 is 0 Å². The Balaban J connectivity index is 1.71. The minimum absolute atomic E-state index is 0.105. The van der Waals surface area contributed by atoms with Crippen molar-refractivity contribution in [2.45, 2.75) is 26.7 Å². The number of halogens is 1. The van der Waals surface area contributed by atoms with Crippen molar-refractivity contribution in [3.8, 4) is 11.3 Å². The number of benzene rings is 2. The normalized spacial score (nSPS) is 11.0. The summed E-state index contributed by atoms with van der Waals surface area (Å²) in [5.41, 5.74) is 6.23. The Bertz CT molecular complexity index is 816. The first-order valence-corrected chi connectivity index (χ1v) is 7.88. The Hall–Kier alpha value is -2.42. The SMILES string of the molecule is Cc1ccc(CCc2ccc(-c3cc(C)nn3C)cc2)c(F)c1. The highest BCUT2D eigenvalue weighted by Gasteiger charge is 2.06. The molecule has 0 aliphatic rings. The van der Waals surface area contributed by atoms with Gasteiger partial charge in [-0.05, 0) is 61.1 Å². The third-order valence-electron chi connectivity index (χ3n) is 4.14. The van der Waals surface area contributed by atoms with Gasteiger partial charge in [-0.1, -0.05) is 36.4 Å². The molecule has 0 saturated heterocycles. The summed E-state index contributed by atoms with van der Waals surface area (Å²) in [7, 11) is 1.95. The van der Waals surface area contributed by atoms with Crippen LogP contribution in [0.15, 0.2) is 48.5 Å². The summed E-state index contributed by atoms with van der Waals surface area (Å²) in [6, 6.07) is 16.0. The summed E-state index contributed by atoms with van der Waals surface area (Å²) in [4.78, 5) is 0. The van der Waals surface area contributed by atoms with E-state index in [1.165, 1.54) is 5.56 Å². The van der Waals surface area contributed by atoms with Gasteiger partial charge in [0.25, 0.3) is 0 Å². The molecule has 0 atom stereocenters. The number of hydrogen-bond donors (Lipinski definition) is 0. The summed E-state index contributed by atoms with van der Waals surface area (Å²) >= 11 is 0. The zero-order chi connectivity index (χ0) is 16.4. The van der Waals surface area contributed by atoms with E-state index < -0.39 is 0 Å². The second-order valence-corrected chi connectivity index (χ2v) is 6.09. The van der Waals surface area contributed by atoms with E-state index in [0.717, 1.165) is 40.9 Å². The molecule has 118 valence electrons. The minimum atomic E-state index is -0.105. The second kappa shape index (κ2) is 6.37. The van der Waals surface area contributed by atoms with Gasteiger partial charge in [0.05, 0.1) is 11.4 Å². The molecule has 0 saturated carbocycles. The van der Waals surface area contributed by atoms with Crippen LogP contribution >= 0.6 is 0 Å². The van der Waals surface area contributed by atoms with Crippen molar-refractivity contribution in [3.63, 3.8) is 0 Å². The average molecular weight is 308 g/mol. The Morgan fingerprint density at radius 3 is 2.30 bits per heavy atom. The van der Waals surface area contributed by atoms with Gasteiger partial charge in [0, 0.05) is 7.05 Å². The van der Waals surface area contributed by atoms with Crippen molar-refractivity contribution in [2.75, 3.05) is 0 Å². The molecule has 2 aromatic carbocycles. The lowest BCUT2D eigenvalue weighted by molar-refractivity contribution is 0.607. The third-order valence-corrected chi connectivity index (χ3v) is 4.14. The standard InChI is InChI=1S/C20H21FN2/c1-14-4-8-17(19(21)12-14)9-5-16-6-10-18(11-7-16)20-13-15(2)22-23(20)3/h4,6-8,10-13H,5,9H2,1-3H3. The van der Waals surface area contributed by atoms with Crippen LogP contribution in [0, 0.1) is 19.7 Å². The van der Waals surface area contributed by atoms with Crippen LogP contribution in [0.2, 0.25) is 0 Å². The molecule has 0 radical (unpaired) electrons. The van der Waals surface area contributed by atoms with Gasteiger partial charge in [-0.2, -0.15) is 5.10 Å². The molecule has 0 N–H and O–H groups in total. The van der Waals surface area contributed by atoms with Gasteiger partial charge in [0.2, 0.25) is 0 Å². The molecule has 0 fully saturated rings. The van der Waals surface area contributed by atoms with Crippen LogP contribution in [-0.4, -0.2) is 9.78 Å². The fourth-order valence-electron chi connectivity index (χ4n) is 2.86. The quantitative estimate of drug-likeness (QED) is 0.687. The van der Waals surface area contributed by atoms with E-state index in [-0.39, 0.29) is 5.82 Å². The highest BCUT2D eigenvalue weighted by atomic mass is 19.1. The van der Waals surface area contributed by atoms with Crippen LogP contribution in [0.5, 0.6) is 0 Å². The number of aromatic nitrogens is 2. The maximum absolute atomic E-state index is 13.9. The monoisotopic (exact) mass is 308 g/mol. The molecule has 23 heavy (non-hydrogen) atoms. The van der Waals surface area contributed by atoms with Crippen molar-refractivity contribution in [3.05, 3.63) is 76.7 Å². The highest BCUT2D eigenvalue weighted by molar-refractivity contribution is 5.60. The van der Waals surface area contributed by atoms with Crippen molar-refractivity contribution < 1.29 is 4.39 Å². The Kier molecular flexibility index (Phi) is 4.28. The van der Waals surface area contributed by atoms with Gasteiger partial charge >= 0.3 is 0 Å². The van der Waals surface area contributed by atoms with E-state index in [2.05, 4.69) is 35.4 Å². The molecule has 0 aliphatic heterocycles. The Labute approximate surface area is 136 Å². The molecular formula is C20H21FN2. The van der Waals surface area contributed by atoms with Crippen LogP contribution in [0.1, 0.15) is 22.4 Å². The van der Waals surface area contributed by atoms with E-state index >= 15 is 0 Å². The summed E-state index contributed by atoms with van der Waals surface area (Å²) < 4.78 is 15.8. The van der Waals surface area contributed by atoms with Crippen LogP contribution in [0.25, 0.3) is 11.3 Å². The van der Waals surface area contributed by atoms with Gasteiger partial charge in [-0.3, -0.25) is 4.68 Å². The molecular weight excluding hydrogens is 287 g/mol. The maximum atomic E-state index is 13.9. The second-order valence-electron chi connectivity index (χ2n) is 6.09. The average Bonchev–Trinajstić information content (AvgIpc) is 2.86. The first-order chi connectivity index (χ1) is 11.0. The Morgan fingerprint density at radius 1 is 0.957 bits per heavy atom. The summed E-state index contributed by atoms with van der Waals surface area (Å²) in [5, 5.41) is 4.38. The molecule has 0 unspecified atom stereocenters. The van der Waals surface area contributed by atoms with E-state index in [4.69, 9.17) is 0 Å². The predicted molar refractivity (Wildman–Crippen MR) is 91.9 cm³/mol. The van der Waals surface area contributed by atoms with Crippen molar-refractivity contribution in [2.24, 2.45) is 7.05 Å². The van der Waals surface area contributed by atoms with Crippen LogP contribution in [0.3, 0.4) is 0 Å². The van der Waals surface area contributed by atoms with Gasteiger partial charge in [-0.15, -0.1) is 0 Å². The fourth-order valence-corrected chi connectivity index (χ4v) is 2.86. The highest BCUT2D eigenvalue weighted by Crippen LogP contribution is 2.21. The van der Waals surface area contributed by atoms with Gasteiger partial charge in [0.1, 0.15) is 5.82 Å². The Morgan fingerprint density at radius 2 is 1.70 bits per heavy atom. The molecule has 0 bridgehead atoms. The number of nitrogens with zero attached hydrogens (tertiary/aromatic N) is 2. The van der Waals surface area contributed by atoms with E-state index in [1.54, 1.807) is 6.07 Å². The third kappa shape index (κ3) is 3.50. The van der Waals surface area contributed by atoms with Crippen molar-refractivity contribution in [1.82, 2.24) is 9.78 Å². The molecule has 3 heteroatoms. The van der Waals surface area contributed by atoms with Crippen LogP contribution in [0.4, 0.5) is 4.39 Å². The van der Waals surface area contributed by atoms with E-state index in [9.17, 15) is 4.39 Å². The lowest BCUT2D eigenvalue weighted by Crippen LogP contribution is -1.96. The topological polar surface area (TPSA) is 17.8 Å². The lowest BCUT2D eigenvalue weighted by atomic mass is 10.0. The molecule has 0 spiro atoms. The molecule has 0 aliphatic carbocycles. The first-order valence-electron chi connectivity index (χ1n) is 7.88.